The van der Waals surface area contributed by atoms with Crippen LogP contribution in [0.4, 0.5) is 5.69 Å². The van der Waals surface area contributed by atoms with Gasteiger partial charge in [0.1, 0.15) is 0 Å². The second-order valence-electron chi connectivity index (χ2n) is 7.49. The molecule has 2 saturated heterocycles. The van der Waals surface area contributed by atoms with Crippen LogP contribution in [0, 0.1) is 5.41 Å². The molecule has 4 aliphatic rings. The first-order chi connectivity index (χ1) is 10.2. The molecule has 0 radical (unpaired) electrons. The average Bonchev–Trinajstić information content (AvgIpc) is 2.55. The summed E-state index contributed by atoms with van der Waals surface area (Å²) >= 11 is 0. The smallest absolute Gasteiger partial charge is 0.0660 e. The maximum Gasteiger partial charge on any atom is 0.0660 e. The van der Waals surface area contributed by atoms with Crippen molar-refractivity contribution in [2.75, 3.05) is 11.4 Å². The van der Waals surface area contributed by atoms with Gasteiger partial charge in [0.05, 0.1) is 5.54 Å². The zero-order valence-electron chi connectivity index (χ0n) is 12.6. The van der Waals surface area contributed by atoms with E-state index in [4.69, 9.17) is 0 Å². The van der Waals surface area contributed by atoms with Crippen LogP contribution in [0.3, 0.4) is 0 Å². The van der Waals surface area contributed by atoms with Crippen molar-refractivity contribution in [1.29, 1.82) is 0 Å². The predicted molar refractivity (Wildman–Crippen MR) is 87.5 cm³/mol. The van der Waals surface area contributed by atoms with Crippen molar-refractivity contribution in [3.05, 3.63) is 54.1 Å². The van der Waals surface area contributed by atoms with Gasteiger partial charge in [-0.2, -0.15) is 0 Å². The van der Waals surface area contributed by atoms with E-state index >= 15 is 0 Å². The molecule has 1 heteroatoms. The molecule has 0 atom stereocenters. The number of nitrogens with zero attached hydrogens (tertiary/aromatic N) is 1. The van der Waals surface area contributed by atoms with E-state index in [0.29, 0.717) is 5.41 Å². The van der Waals surface area contributed by atoms with E-state index in [1.54, 1.807) is 5.56 Å². The van der Waals surface area contributed by atoms with Gasteiger partial charge >= 0.3 is 0 Å². The van der Waals surface area contributed by atoms with Gasteiger partial charge in [-0.25, -0.2) is 0 Å². The summed E-state index contributed by atoms with van der Waals surface area (Å²) in [4.78, 5) is 2.75. The van der Waals surface area contributed by atoms with Gasteiger partial charge in [-0.15, -0.1) is 0 Å². The monoisotopic (exact) mass is 275 g/mol. The van der Waals surface area contributed by atoms with Gasteiger partial charge in [-0.05, 0) is 48.3 Å². The van der Waals surface area contributed by atoms with Crippen LogP contribution < -0.4 is 4.90 Å². The van der Waals surface area contributed by atoms with Gasteiger partial charge in [-0.3, -0.25) is 0 Å². The number of hydrogen-bond donors (Lipinski definition) is 0. The number of rotatable bonds is 0. The summed E-state index contributed by atoms with van der Waals surface area (Å²) in [5.41, 5.74) is 6.71. The molecule has 0 unspecified atom stereocenters. The summed E-state index contributed by atoms with van der Waals surface area (Å²) < 4.78 is 0. The molecule has 1 saturated carbocycles. The summed E-state index contributed by atoms with van der Waals surface area (Å²) in [5.74, 6) is 0. The van der Waals surface area contributed by atoms with E-state index in [1.807, 2.05) is 0 Å². The Morgan fingerprint density at radius 2 is 1.48 bits per heavy atom. The number of anilines is 1. The molecule has 0 aromatic heterocycles. The van der Waals surface area contributed by atoms with Crippen LogP contribution in [-0.2, 0) is 5.54 Å². The minimum absolute atomic E-state index is 0.267. The maximum atomic E-state index is 2.75. The van der Waals surface area contributed by atoms with Crippen molar-refractivity contribution in [2.24, 2.45) is 5.41 Å². The number of piperidine rings is 2. The molecule has 0 amide bonds. The van der Waals surface area contributed by atoms with Crippen LogP contribution >= 0.6 is 0 Å². The number of benzene rings is 2. The van der Waals surface area contributed by atoms with Crippen molar-refractivity contribution in [2.45, 2.75) is 38.1 Å². The molecular formula is C20H21N. The normalized spacial score (nSPS) is 32.3. The maximum absolute atomic E-state index is 2.75. The molecule has 3 fully saturated rings. The van der Waals surface area contributed by atoms with Gasteiger partial charge in [0.2, 0.25) is 0 Å². The highest BCUT2D eigenvalue weighted by molar-refractivity contribution is 5.86. The van der Waals surface area contributed by atoms with Crippen LogP contribution in [0.15, 0.2) is 48.5 Å². The lowest BCUT2D eigenvalue weighted by molar-refractivity contribution is 0.0800. The molecule has 1 aliphatic carbocycles. The third-order valence-electron chi connectivity index (χ3n) is 6.25. The highest BCUT2D eigenvalue weighted by Crippen LogP contribution is 2.61. The predicted octanol–water partition coefficient (Wildman–Crippen LogP) is 4.96. The molecule has 1 spiro atoms. The van der Waals surface area contributed by atoms with E-state index in [1.165, 1.54) is 49.0 Å². The first-order valence-corrected chi connectivity index (χ1v) is 8.19. The zero-order valence-corrected chi connectivity index (χ0v) is 12.6. The standard InChI is InChI=1S/C20H21N/c1-19-10-12-20(13-11-19)17-8-4-2-6-15(17)16-7-3-5-9-18(16)21(20)14-19/h2-9H,10-14H2,1H3. The first kappa shape index (κ1) is 11.9. The molecule has 2 aromatic rings. The fraction of sp³-hybridized carbons (Fsp3) is 0.400. The molecular weight excluding hydrogens is 254 g/mol. The summed E-state index contributed by atoms with van der Waals surface area (Å²) in [6.45, 7) is 3.71. The average molecular weight is 275 g/mol. The Morgan fingerprint density at radius 1 is 0.810 bits per heavy atom. The Labute approximate surface area is 126 Å². The Balaban J connectivity index is 1.83. The molecule has 0 N–H and O–H groups in total. The number of para-hydroxylation sites is 1. The minimum Gasteiger partial charge on any atom is -0.361 e. The highest BCUT2D eigenvalue weighted by atomic mass is 15.2. The van der Waals surface area contributed by atoms with Gasteiger partial charge in [-0.1, -0.05) is 49.4 Å². The summed E-state index contributed by atoms with van der Waals surface area (Å²) in [5, 5.41) is 0. The molecule has 1 nitrogen and oxygen atoms in total. The zero-order chi connectivity index (χ0) is 14.1. The van der Waals surface area contributed by atoms with E-state index < -0.39 is 0 Å². The summed E-state index contributed by atoms with van der Waals surface area (Å²) in [6, 6.07) is 18.1. The third kappa shape index (κ3) is 1.37. The Hall–Kier alpha value is -1.76. The molecule has 106 valence electrons. The Kier molecular flexibility index (Phi) is 2.09. The number of fused-ring (bicyclic) bond motifs is 5. The lowest BCUT2D eigenvalue weighted by atomic mass is 9.58. The van der Waals surface area contributed by atoms with Crippen LogP contribution in [0.5, 0.6) is 0 Å². The van der Waals surface area contributed by atoms with Crippen LogP contribution in [0.1, 0.15) is 38.2 Å². The van der Waals surface area contributed by atoms with Crippen LogP contribution in [0.2, 0.25) is 0 Å². The minimum atomic E-state index is 0.267. The van der Waals surface area contributed by atoms with E-state index in [0.717, 1.165) is 0 Å². The largest absolute Gasteiger partial charge is 0.361 e. The van der Waals surface area contributed by atoms with Crippen LogP contribution in [0.25, 0.3) is 11.1 Å². The molecule has 2 aromatic carbocycles. The highest BCUT2D eigenvalue weighted by Gasteiger charge is 2.54. The summed E-state index contributed by atoms with van der Waals surface area (Å²) in [7, 11) is 0. The number of hydrogen-bond acceptors (Lipinski definition) is 1. The van der Waals surface area contributed by atoms with Crippen molar-refractivity contribution >= 4 is 5.69 Å². The lowest BCUT2D eigenvalue weighted by Gasteiger charge is -2.62. The second kappa shape index (κ2) is 3.71. The van der Waals surface area contributed by atoms with Crippen molar-refractivity contribution in [1.82, 2.24) is 0 Å². The van der Waals surface area contributed by atoms with Crippen LogP contribution in [-0.4, -0.2) is 6.54 Å². The van der Waals surface area contributed by atoms with E-state index in [2.05, 4.69) is 60.4 Å². The second-order valence-corrected chi connectivity index (χ2v) is 7.49. The van der Waals surface area contributed by atoms with Gasteiger partial charge in [0.25, 0.3) is 0 Å². The third-order valence-corrected chi connectivity index (χ3v) is 6.25. The van der Waals surface area contributed by atoms with E-state index in [-0.39, 0.29) is 5.54 Å². The van der Waals surface area contributed by atoms with Gasteiger partial charge < -0.3 is 4.90 Å². The van der Waals surface area contributed by atoms with E-state index in [9.17, 15) is 0 Å². The fourth-order valence-corrected chi connectivity index (χ4v) is 5.02. The fourth-order valence-electron chi connectivity index (χ4n) is 5.02. The van der Waals surface area contributed by atoms with Crippen molar-refractivity contribution in [3.63, 3.8) is 0 Å². The summed E-state index contributed by atoms with van der Waals surface area (Å²) in [6.07, 6.45) is 5.38. The molecule has 3 heterocycles. The van der Waals surface area contributed by atoms with Gasteiger partial charge in [0, 0.05) is 17.8 Å². The molecule has 21 heavy (non-hydrogen) atoms. The SMILES string of the molecule is CC12CCC3(CC1)c1ccccc1-c1ccccc1N3C2. The van der Waals surface area contributed by atoms with Crippen molar-refractivity contribution < 1.29 is 0 Å². The molecule has 3 aliphatic heterocycles. The first-order valence-electron chi connectivity index (χ1n) is 8.19. The topological polar surface area (TPSA) is 3.24 Å². The Bertz CT molecular complexity index is 722. The Morgan fingerprint density at radius 3 is 2.29 bits per heavy atom. The van der Waals surface area contributed by atoms with Crippen molar-refractivity contribution in [3.8, 4) is 11.1 Å². The lowest BCUT2D eigenvalue weighted by Crippen LogP contribution is -2.61. The molecule has 6 rings (SSSR count). The van der Waals surface area contributed by atoms with Gasteiger partial charge in [0.15, 0.2) is 0 Å². The molecule has 2 bridgehead atoms. The quantitative estimate of drug-likeness (QED) is 0.656.